The molecule has 6 heteroatoms. The summed E-state index contributed by atoms with van der Waals surface area (Å²) in [6.45, 7) is 0. The highest BCUT2D eigenvalue weighted by Crippen LogP contribution is 2.21. The van der Waals surface area contributed by atoms with Crippen LogP contribution in [0.1, 0.15) is 11.1 Å². The van der Waals surface area contributed by atoms with Crippen molar-refractivity contribution in [3.8, 4) is 0 Å². The van der Waals surface area contributed by atoms with Crippen molar-refractivity contribution >= 4 is 40.4 Å². The van der Waals surface area contributed by atoms with Gasteiger partial charge < -0.3 is 11.1 Å². The molecular weight excluding hydrogens is 311 g/mol. The number of hydrogen-bond acceptors (Lipinski definition) is 2. The van der Waals surface area contributed by atoms with E-state index in [-0.39, 0.29) is 23.1 Å². The lowest BCUT2D eigenvalue weighted by atomic mass is 10.1. The summed E-state index contributed by atoms with van der Waals surface area (Å²) in [6, 6.07) is 10.6. The second-order valence-electron chi connectivity index (χ2n) is 4.41. The van der Waals surface area contributed by atoms with E-state index >= 15 is 0 Å². The highest BCUT2D eigenvalue weighted by atomic mass is 35.5. The summed E-state index contributed by atoms with van der Waals surface area (Å²) in [5.41, 5.74) is 7.31. The molecule has 0 unspecified atom stereocenters. The van der Waals surface area contributed by atoms with Crippen LogP contribution in [0.25, 0.3) is 0 Å². The summed E-state index contributed by atoms with van der Waals surface area (Å²) in [6.07, 6.45) is 0.115. The van der Waals surface area contributed by atoms with Crippen LogP contribution in [0.4, 0.5) is 10.1 Å². The van der Waals surface area contributed by atoms with E-state index < -0.39 is 0 Å². The van der Waals surface area contributed by atoms with Gasteiger partial charge in [0, 0.05) is 10.6 Å². The summed E-state index contributed by atoms with van der Waals surface area (Å²) in [5.74, 6) is -0.605. The van der Waals surface area contributed by atoms with Crippen molar-refractivity contribution in [1.82, 2.24) is 0 Å². The normalized spacial score (nSPS) is 10.2. The Labute approximate surface area is 131 Å². The Morgan fingerprint density at radius 3 is 2.52 bits per heavy atom. The molecular formula is C15H12ClFN2OS. The van der Waals surface area contributed by atoms with E-state index in [2.05, 4.69) is 5.32 Å². The molecule has 0 aliphatic heterocycles. The van der Waals surface area contributed by atoms with E-state index in [0.717, 1.165) is 0 Å². The van der Waals surface area contributed by atoms with Crippen LogP contribution < -0.4 is 11.1 Å². The topological polar surface area (TPSA) is 55.1 Å². The number of halogens is 2. The number of hydrogen-bond donors (Lipinski definition) is 2. The molecule has 0 atom stereocenters. The molecule has 0 aromatic heterocycles. The fourth-order valence-electron chi connectivity index (χ4n) is 1.82. The van der Waals surface area contributed by atoms with Gasteiger partial charge in [-0.2, -0.15) is 0 Å². The predicted molar refractivity (Wildman–Crippen MR) is 86.1 cm³/mol. The van der Waals surface area contributed by atoms with Gasteiger partial charge in [0.2, 0.25) is 5.91 Å². The van der Waals surface area contributed by atoms with E-state index in [1.165, 1.54) is 12.1 Å². The van der Waals surface area contributed by atoms with Gasteiger partial charge in [-0.25, -0.2) is 4.39 Å². The lowest BCUT2D eigenvalue weighted by molar-refractivity contribution is -0.115. The molecule has 0 heterocycles. The lowest BCUT2D eigenvalue weighted by Crippen LogP contribution is -2.19. The van der Waals surface area contributed by atoms with Crippen molar-refractivity contribution in [2.24, 2.45) is 5.73 Å². The van der Waals surface area contributed by atoms with Crippen molar-refractivity contribution in [3.05, 3.63) is 64.4 Å². The smallest absolute Gasteiger partial charge is 0.228 e. The van der Waals surface area contributed by atoms with E-state index in [0.29, 0.717) is 21.8 Å². The maximum atomic E-state index is 12.8. The number of carbonyl (C=O) groups is 1. The van der Waals surface area contributed by atoms with Gasteiger partial charge >= 0.3 is 0 Å². The molecule has 21 heavy (non-hydrogen) atoms. The number of amides is 1. The highest BCUT2D eigenvalue weighted by Gasteiger charge is 2.10. The first-order chi connectivity index (χ1) is 9.95. The average Bonchev–Trinajstić information content (AvgIpc) is 2.41. The molecule has 1 amide bonds. The van der Waals surface area contributed by atoms with Gasteiger partial charge in [0.1, 0.15) is 10.8 Å². The number of nitrogens with one attached hydrogen (secondary N) is 1. The van der Waals surface area contributed by atoms with Gasteiger partial charge in [0.25, 0.3) is 0 Å². The quantitative estimate of drug-likeness (QED) is 0.849. The zero-order valence-electron chi connectivity index (χ0n) is 10.9. The lowest BCUT2D eigenvalue weighted by Gasteiger charge is -2.10. The first-order valence-corrected chi connectivity index (χ1v) is 6.88. The van der Waals surface area contributed by atoms with Crippen LogP contribution >= 0.6 is 23.8 Å². The van der Waals surface area contributed by atoms with Gasteiger partial charge in [-0.3, -0.25) is 4.79 Å². The molecule has 0 aliphatic rings. The third-order valence-corrected chi connectivity index (χ3v) is 3.25. The van der Waals surface area contributed by atoms with E-state index in [1.807, 2.05) is 0 Å². The molecule has 0 saturated heterocycles. The van der Waals surface area contributed by atoms with Crippen LogP contribution in [0.5, 0.6) is 0 Å². The third kappa shape index (κ3) is 4.24. The zero-order valence-corrected chi connectivity index (χ0v) is 12.5. The van der Waals surface area contributed by atoms with Crippen LogP contribution in [0.15, 0.2) is 42.5 Å². The molecule has 0 fully saturated rings. The fourth-order valence-corrected chi connectivity index (χ4v) is 2.17. The minimum Gasteiger partial charge on any atom is -0.389 e. The number of thiocarbonyl (C=S) groups is 1. The summed E-state index contributed by atoms with van der Waals surface area (Å²) < 4.78 is 12.8. The van der Waals surface area contributed by atoms with Crippen molar-refractivity contribution in [1.29, 1.82) is 0 Å². The second kappa shape index (κ2) is 6.65. The van der Waals surface area contributed by atoms with E-state index in [1.54, 1.807) is 30.3 Å². The second-order valence-corrected chi connectivity index (χ2v) is 5.28. The Balaban J connectivity index is 2.14. The summed E-state index contributed by atoms with van der Waals surface area (Å²) in [4.78, 5) is 12.2. The third-order valence-electron chi connectivity index (χ3n) is 2.80. The van der Waals surface area contributed by atoms with E-state index in [4.69, 9.17) is 29.6 Å². The van der Waals surface area contributed by atoms with Crippen LogP contribution in [0.2, 0.25) is 5.02 Å². The Kier molecular flexibility index (Phi) is 4.88. The molecule has 0 bridgehead atoms. The number of carbonyl (C=O) groups excluding carboxylic acids is 1. The van der Waals surface area contributed by atoms with Crippen LogP contribution in [-0.4, -0.2) is 10.9 Å². The van der Waals surface area contributed by atoms with E-state index in [9.17, 15) is 9.18 Å². The SMILES string of the molecule is NC(=S)c1ccc(Cl)cc1NC(=O)Cc1ccc(F)cc1. The maximum absolute atomic E-state index is 12.8. The molecule has 0 saturated carbocycles. The summed E-state index contributed by atoms with van der Waals surface area (Å²) in [5, 5.41) is 3.18. The predicted octanol–water partition coefficient (Wildman–Crippen LogP) is 3.29. The first-order valence-electron chi connectivity index (χ1n) is 6.09. The largest absolute Gasteiger partial charge is 0.389 e. The minimum absolute atomic E-state index is 0.115. The maximum Gasteiger partial charge on any atom is 0.228 e. The van der Waals surface area contributed by atoms with Crippen LogP contribution in [0.3, 0.4) is 0 Å². The zero-order chi connectivity index (χ0) is 15.4. The molecule has 2 rings (SSSR count). The van der Waals surface area contributed by atoms with Crippen LogP contribution in [0, 0.1) is 5.82 Å². The number of rotatable bonds is 4. The molecule has 0 spiro atoms. The Morgan fingerprint density at radius 1 is 1.24 bits per heavy atom. The standard InChI is InChI=1S/C15H12ClFN2OS/c16-10-3-6-12(15(18)21)13(8-10)19-14(20)7-9-1-4-11(17)5-2-9/h1-6,8H,7H2,(H2,18,21)(H,19,20). The average molecular weight is 323 g/mol. The highest BCUT2D eigenvalue weighted by molar-refractivity contribution is 7.80. The Morgan fingerprint density at radius 2 is 1.90 bits per heavy atom. The van der Waals surface area contributed by atoms with Crippen molar-refractivity contribution in [3.63, 3.8) is 0 Å². The van der Waals surface area contributed by atoms with Gasteiger partial charge in [-0.1, -0.05) is 36.0 Å². The van der Waals surface area contributed by atoms with Gasteiger partial charge in [0.15, 0.2) is 0 Å². The first kappa shape index (κ1) is 15.4. The molecule has 2 aromatic rings. The van der Waals surface area contributed by atoms with Crippen molar-refractivity contribution in [2.75, 3.05) is 5.32 Å². The Hall–Kier alpha value is -1.98. The molecule has 3 nitrogen and oxygen atoms in total. The minimum atomic E-state index is -0.343. The molecule has 2 aromatic carbocycles. The molecule has 0 aliphatic carbocycles. The fraction of sp³-hybridized carbons (Fsp3) is 0.0667. The molecule has 3 N–H and O–H groups in total. The number of benzene rings is 2. The molecule has 108 valence electrons. The van der Waals surface area contributed by atoms with Gasteiger partial charge in [-0.15, -0.1) is 0 Å². The Bertz CT molecular complexity index is 689. The van der Waals surface area contributed by atoms with Crippen molar-refractivity contribution in [2.45, 2.75) is 6.42 Å². The summed E-state index contributed by atoms with van der Waals surface area (Å²) >= 11 is 10.8. The monoisotopic (exact) mass is 322 g/mol. The molecule has 0 radical (unpaired) electrons. The van der Waals surface area contributed by atoms with Gasteiger partial charge in [-0.05, 0) is 35.9 Å². The number of anilines is 1. The number of nitrogens with two attached hydrogens (primary N) is 1. The van der Waals surface area contributed by atoms with Gasteiger partial charge in [0.05, 0.1) is 12.1 Å². The van der Waals surface area contributed by atoms with Crippen LogP contribution in [-0.2, 0) is 11.2 Å². The van der Waals surface area contributed by atoms with Crippen molar-refractivity contribution < 1.29 is 9.18 Å². The summed E-state index contributed by atoms with van der Waals surface area (Å²) in [7, 11) is 0.